The van der Waals surface area contributed by atoms with Crippen LogP contribution in [0.15, 0.2) is 48.8 Å². The maximum atomic E-state index is 13.0. The molecule has 0 bridgehead atoms. The Morgan fingerprint density at radius 1 is 1.14 bits per heavy atom. The molecule has 4 rings (SSSR count). The van der Waals surface area contributed by atoms with Crippen LogP contribution in [0.5, 0.6) is 0 Å². The van der Waals surface area contributed by atoms with Gasteiger partial charge in [0, 0.05) is 19.0 Å². The van der Waals surface area contributed by atoms with E-state index in [0.717, 1.165) is 43.8 Å². The topological polar surface area (TPSA) is 75.4 Å². The summed E-state index contributed by atoms with van der Waals surface area (Å²) in [6, 6.07) is 14.2. The van der Waals surface area contributed by atoms with Crippen LogP contribution in [0.1, 0.15) is 44.7 Å². The molecule has 1 N–H and O–H groups in total. The summed E-state index contributed by atoms with van der Waals surface area (Å²) in [7, 11) is 0. The van der Waals surface area contributed by atoms with Crippen LogP contribution in [0.4, 0.5) is 5.82 Å². The van der Waals surface area contributed by atoms with Gasteiger partial charge in [0.15, 0.2) is 5.65 Å². The predicted molar refractivity (Wildman–Crippen MR) is 112 cm³/mol. The molecular weight excluding hydrogens is 364 g/mol. The summed E-state index contributed by atoms with van der Waals surface area (Å²) in [4.78, 5) is 15.2. The van der Waals surface area contributed by atoms with Crippen LogP contribution in [0.2, 0.25) is 0 Å². The molecule has 3 heterocycles. The number of amides is 1. The lowest BCUT2D eigenvalue weighted by molar-refractivity contribution is -0.126. The van der Waals surface area contributed by atoms with E-state index in [1.165, 1.54) is 5.56 Å². The number of carbonyl (C=O) groups is 1. The molecule has 1 amide bonds. The van der Waals surface area contributed by atoms with Crippen molar-refractivity contribution in [2.45, 2.75) is 39.2 Å². The highest BCUT2D eigenvalue weighted by atomic mass is 16.1. The summed E-state index contributed by atoms with van der Waals surface area (Å²) in [5.41, 5.74) is 1.92. The van der Waals surface area contributed by atoms with Crippen LogP contribution in [-0.2, 0) is 4.79 Å². The molecule has 7 heteroatoms. The van der Waals surface area contributed by atoms with E-state index in [0.29, 0.717) is 5.92 Å². The second-order valence-electron chi connectivity index (χ2n) is 8.19. The molecule has 7 nitrogen and oxygen atoms in total. The first kappa shape index (κ1) is 19.4. The third-order valence-corrected chi connectivity index (χ3v) is 5.56. The lowest BCUT2D eigenvalue weighted by Gasteiger charge is -2.33. The third kappa shape index (κ3) is 4.55. The second kappa shape index (κ2) is 8.59. The smallest absolute Gasteiger partial charge is 0.223 e. The van der Waals surface area contributed by atoms with Crippen LogP contribution < -0.4 is 10.2 Å². The van der Waals surface area contributed by atoms with Gasteiger partial charge in [-0.15, -0.1) is 15.3 Å². The zero-order valence-corrected chi connectivity index (χ0v) is 17.0. The SMILES string of the molecule is CC(C)C[C@@H](NC(=O)C1CCN(c2ccc3nncn3n2)CC1)c1ccccc1. The summed E-state index contributed by atoms with van der Waals surface area (Å²) >= 11 is 0. The summed E-state index contributed by atoms with van der Waals surface area (Å²) in [5, 5.41) is 15.7. The lowest BCUT2D eigenvalue weighted by atomic mass is 9.93. The summed E-state index contributed by atoms with van der Waals surface area (Å²) < 4.78 is 1.69. The zero-order valence-electron chi connectivity index (χ0n) is 17.0. The van der Waals surface area contributed by atoms with Gasteiger partial charge in [-0.3, -0.25) is 4.79 Å². The predicted octanol–water partition coefficient (Wildman–Crippen LogP) is 3.24. The van der Waals surface area contributed by atoms with Crippen molar-refractivity contribution in [2.24, 2.45) is 11.8 Å². The molecule has 1 saturated heterocycles. The van der Waals surface area contributed by atoms with Gasteiger partial charge in [-0.05, 0) is 42.9 Å². The zero-order chi connectivity index (χ0) is 20.2. The summed E-state index contributed by atoms with van der Waals surface area (Å²) in [6.07, 6.45) is 4.21. The van der Waals surface area contributed by atoms with Gasteiger partial charge >= 0.3 is 0 Å². The molecule has 1 aliphatic rings. The van der Waals surface area contributed by atoms with Gasteiger partial charge in [0.2, 0.25) is 5.91 Å². The van der Waals surface area contributed by atoms with Gasteiger partial charge < -0.3 is 10.2 Å². The Kier molecular flexibility index (Phi) is 5.74. The van der Waals surface area contributed by atoms with E-state index in [2.05, 4.69) is 51.5 Å². The van der Waals surface area contributed by atoms with E-state index in [1.54, 1.807) is 10.8 Å². The molecule has 0 radical (unpaired) electrons. The van der Waals surface area contributed by atoms with Gasteiger partial charge in [-0.2, -0.15) is 4.52 Å². The van der Waals surface area contributed by atoms with Crippen LogP contribution in [-0.4, -0.2) is 38.8 Å². The number of rotatable bonds is 6. The summed E-state index contributed by atoms with van der Waals surface area (Å²) in [6.45, 7) is 6.03. The van der Waals surface area contributed by atoms with Crippen LogP contribution in [0.3, 0.4) is 0 Å². The molecule has 29 heavy (non-hydrogen) atoms. The van der Waals surface area contributed by atoms with Crippen molar-refractivity contribution in [1.82, 2.24) is 25.1 Å². The van der Waals surface area contributed by atoms with E-state index in [4.69, 9.17) is 0 Å². The number of aromatic nitrogens is 4. The number of nitrogens with one attached hydrogen (secondary N) is 1. The number of anilines is 1. The quantitative estimate of drug-likeness (QED) is 0.697. The largest absolute Gasteiger partial charge is 0.355 e. The molecule has 0 unspecified atom stereocenters. The molecule has 0 saturated carbocycles. The second-order valence-corrected chi connectivity index (χ2v) is 8.19. The Labute approximate surface area is 171 Å². The maximum absolute atomic E-state index is 13.0. The normalized spacial score (nSPS) is 16.3. The number of piperidine rings is 1. The first-order valence-electron chi connectivity index (χ1n) is 10.4. The Hall–Kier alpha value is -2.96. The van der Waals surface area contributed by atoms with Gasteiger partial charge in [0.25, 0.3) is 0 Å². The molecular formula is C22H28N6O. The maximum Gasteiger partial charge on any atom is 0.223 e. The minimum atomic E-state index is 0.0447. The lowest BCUT2D eigenvalue weighted by Crippen LogP contribution is -2.42. The van der Waals surface area contributed by atoms with E-state index in [-0.39, 0.29) is 17.9 Å². The van der Waals surface area contributed by atoms with Gasteiger partial charge in [-0.25, -0.2) is 0 Å². The number of hydrogen-bond donors (Lipinski definition) is 1. The van der Waals surface area contributed by atoms with Crippen molar-refractivity contribution < 1.29 is 4.79 Å². The fourth-order valence-electron chi connectivity index (χ4n) is 3.98. The number of carbonyl (C=O) groups excluding carboxylic acids is 1. The van der Waals surface area contributed by atoms with Crippen LogP contribution >= 0.6 is 0 Å². The van der Waals surface area contributed by atoms with Crippen molar-refractivity contribution in [3.05, 3.63) is 54.4 Å². The number of fused-ring (bicyclic) bond motifs is 1. The minimum Gasteiger partial charge on any atom is -0.355 e. The monoisotopic (exact) mass is 392 g/mol. The molecule has 1 aliphatic heterocycles. The van der Waals surface area contributed by atoms with E-state index >= 15 is 0 Å². The molecule has 1 atom stereocenters. The Morgan fingerprint density at radius 3 is 2.62 bits per heavy atom. The van der Waals surface area contributed by atoms with Crippen LogP contribution in [0, 0.1) is 11.8 Å². The fraction of sp³-hybridized carbons (Fsp3) is 0.455. The van der Waals surface area contributed by atoms with Gasteiger partial charge in [-0.1, -0.05) is 44.2 Å². The Morgan fingerprint density at radius 2 is 1.90 bits per heavy atom. The fourth-order valence-corrected chi connectivity index (χ4v) is 3.98. The van der Waals surface area contributed by atoms with Crippen molar-refractivity contribution in [1.29, 1.82) is 0 Å². The molecule has 1 aromatic carbocycles. The van der Waals surface area contributed by atoms with E-state index in [9.17, 15) is 4.79 Å². The number of nitrogens with zero attached hydrogens (tertiary/aromatic N) is 5. The highest BCUT2D eigenvalue weighted by molar-refractivity contribution is 5.79. The van der Waals surface area contributed by atoms with Gasteiger partial charge in [0.05, 0.1) is 6.04 Å². The molecule has 0 spiro atoms. The summed E-state index contributed by atoms with van der Waals surface area (Å²) in [5.74, 6) is 1.63. The first-order chi connectivity index (χ1) is 14.1. The van der Waals surface area contributed by atoms with Crippen molar-refractivity contribution in [3.63, 3.8) is 0 Å². The van der Waals surface area contributed by atoms with Gasteiger partial charge in [0.1, 0.15) is 12.1 Å². The van der Waals surface area contributed by atoms with Crippen molar-refractivity contribution >= 4 is 17.4 Å². The Bertz CT molecular complexity index is 946. The number of benzene rings is 1. The highest BCUT2D eigenvalue weighted by Gasteiger charge is 2.28. The highest BCUT2D eigenvalue weighted by Crippen LogP contribution is 2.25. The van der Waals surface area contributed by atoms with Crippen LogP contribution in [0.25, 0.3) is 5.65 Å². The first-order valence-corrected chi connectivity index (χ1v) is 10.4. The average molecular weight is 393 g/mol. The molecule has 2 aromatic heterocycles. The molecule has 152 valence electrons. The molecule has 0 aliphatic carbocycles. The third-order valence-electron chi connectivity index (χ3n) is 5.56. The molecule has 3 aromatic rings. The standard InChI is InChI=1S/C22H28N6O/c1-16(2)14-19(17-6-4-3-5-7-17)24-22(29)18-10-12-27(13-11-18)21-9-8-20-25-23-15-28(20)26-21/h3-9,15-16,18-19H,10-14H2,1-2H3,(H,24,29)/t19-/m1/s1. The van der Waals surface area contributed by atoms with Crippen molar-refractivity contribution in [3.8, 4) is 0 Å². The Balaban J connectivity index is 1.37. The minimum absolute atomic E-state index is 0.0447. The van der Waals surface area contributed by atoms with E-state index in [1.807, 2.05) is 30.3 Å². The van der Waals surface area contributed by atoms with Crippen molar-refractivity contribution in [2.75, 3.05) is 18.0 Å². The average Bonchev–Trinajstić information content (AvgIpc) is 3.21. The van der Waals surface area contributed by atoms with E-state index < -0.39 is 0 Å². The molecule has 1 fully saturated rings. The number of hydrogen-bond acceptors (Lipinski definition) is 5.